The van der Waals surface area contributed by atoms with E-state index in [-0.39, 0.29) is 6.61 Å². The third-order valence-corrected chi connectivity index (χ3v) is 2.75. The van der Waals surface area contributed by atoms with Crippen molar-refractivity contribution in [2.45, 2.75) is 38.8 Å². The van der Waals surface area contributed by atoms with Crippen LogP contribution in [0.2, 0.25) is 0 Å². The van der Waals surface area contributed by atoms with Gasteiger partial charge >= 0.3 is 6.18 Å². The molecule has 0 aliphatic carbocycles. The van der Waals surface area contributed by atoms with Gasteiger partial charge in [0.15, 0.2) is 11.6 Å². The number of alkyl halides is 3. The zero-order valence-electron chi connectivity index (χ0n) is 11.4. The Bertz CT molecular complexity index is 497. The van der Waals surface area contributed by atoms with Crippen molar-refractivity contribution in [3.05, 3.63) is 29.3 Å². The SMILES string of the molecule is CCCCCCOc1c(F)cc(F)cc1C(=O)C(F)(F)F. The summed E-state index contributed by atoms with van der Waals surface area (Å²) in [6.45, 7) is 1.93. The van der Waals surface area contributed by atoms with Crippen molar-refractivity contribution in [2.75, 3.05) is 6.61 Å². The molecule has 21 heavy (non-hydrogen) atoms. The molecule has 1 aromatic carbocycles. The molecule has 0 aromatic heterocycles. The van der Waals surface area contributed by atoms with Crippen LogP contribution in [0.5, 0.6) is 5.75 Å². The van der Waals surface area contributed by atoms with Gasteiger partial charge in [-0.15, -0.1) is 0 Å². The first kappa shape index (κ1) is 17.4. The summed E-state index contributed by atoms with van der Waals surface area (Å²) in [6.07, 6.45) is -2.10. The van der Waals surface area contributed by atoms with Gasteiger partial charge in [0.1, 0.15) is 5.82 Å². The first-order valence-electron chi connectivity index (χ1n) is 6.50. The number of Topliss-reactive ketones (excluding diaryl/α,β-unsaturated/α-hetero) is 1. The highest BCUT2D eigenvalue weighted by molar-refractivity contribution is 6.02. The summed E-state index contributed by atoms with van der Waals surface area (Å²) in [7, 11) is 0. The number of unbranched alkanes of at least 4 members (excludes halogenated alkanes) is 3. The van der Waals surface area contributed by atoms with Crippen LogP contribution < -0.4 is 4.74 Å². The van der Waals surface area contributed by atoms with E-state index in [1.54, 1.807) is 0 Å². The Morgan fingerprint density at radius 3 is 2.38 bits per heavy atom. The average Bonchev–Trinajstić information content (AvgIpc) is 2.38. The van der Waals surface area contributed by atoms with Gasteiger partial charge in [0, 0.05) is 6.07 Å². The van der Waals surface area contributed by atoms with Crippen LogP contribution in [0.25, 0.3) is 0 Å². The number of carbonyl (C=O) groups is 1. The molecule has 0 aliphatic rings. The molecule has 1 aromatic rings. The second kappa shape index (κ2) is 7.38. The van der Waals surface area contributed by atoms with Crippen LogP contribution in [0.4, 0.5) is 22.0 Å². The highest BCUT2D eigenvalue weighted by Crippen LogP contribution is 2.31. The van der Waals surface area contributed by atoms with E-state index in [1.807, 2.05) is 6.92 Å². The number of rotatable bonds is 7. The second-order valence-electron chi connectivity index (χ2n) is 4.50. The van der Waals surface area contributed by atoms with Crippen molar-refractivity contribution in [2.24, 2.45) is 0 Å². The summed E-state index contributed by atoms with van der Waals surface area (Å²) in [6, 6.07) is 0.717. The minimum absolute atomic E-state index is 0.0410. The number of carbonyl (C=O) groups excluding carboxylic acids is 1. The van der Waals surface area contributed by atoms with Crippen molar-refractivity contribution >= 4 is 5.78 Å². The Labute approximate surface area is 118 Å². The zero-order valence-corrected chi connectivity index (χ0v) is 11.4. The Hall–Kier alpha value is -1.66. The molecule has 0 unspecified atom stereocenters. The van der Waals surface area contributed by atoms with Crippen LogP contribution in [0.1, 0.15) is 43.0 Å². The topological polar surface area (TPSA) is 26.3 Å². The van der Waals surface area contributed by atoms with E-state index >= 15 is 0 Å². The van der Waals surface area contributed by atoms with Gasteiger partial charge < -0.3 is 4.74 Å². The lowest BCUT2D eigenvalue weighted by molar-refractivity contribution is -0.0887. The third-order valence-electron chi connectivity index (χ3n) is 2.75. The summed E-state index contributed by atoms with van der Waals surface area (Å²) in [4.78, 5) is 11.2. The van der Waals surface area contributed by atoms with Gasteiger partial charge in [0.05, 0.1) is 12.2 Å². The van der Waals surface area contributed by atoms with E-state index in [0.717, 1.165) is 19.3 Å². The quantitative estimate of drug-likeness (QED) is 0.415. The van der Waals surface area contributed by atoms with E-state index in [0.29, 0.717) is 18.6 Å². The largest absolute Gasteiger partial charge is 0.490 e. The Morgan fingerprint density at radius 2 is 1.81 bits per heavy atom. The van der Waals surface area contributed by atoms with Gasteiger partial charge in [0.2, 0.25) is 0 Å². The van der Waals surface area contributed by atoms with Gasteiger partial charge in [0.25, 0.3) is 5.78 Å². The predicted molar refractivity (Wildman–Crippen MR) is 66.4 cm³/mol. The van der Waals surface area contributed by atoms with Crippen LogP contribution in [0.15, 0.2) is 12.1 Å². The maximum absolute atomic E-state index is 13.6. The number of ether oxygens (including phenoxy) is 1. The second-order valence-corrected chi connectivity index (χ2v) is 4.50. The molecule has 0 fully saturated rings. The lowest BCUT2D eigenvalue weighted by atomic mass is 10.1. The molecule has 0 saturated heterocycles. The first-order chi connectivity index (χ1) is 9.77. The molecule has 0 amide bonds. The van der Waals surface area contributed by atoms with E-state index in [4.69, 9.17) is 4.74 Å². The summed E-state index contributed by atoms with van der Waals surface area (Å²) in [5.74, 6) is -5.77. The van der Waals surface area contributed by atoms with Crippen LogP contribution in [0, 0.1) is 11.6 Å². The van der Waals surface area contributed by atoms with Crippen LogP contribution in [0.3, 0.4) is 0 Å². The fourth-order valence-corrected chi connectivity index (χ4v) is 1.73. The van der Waals surface area contributed by atoms with E-state index < -0.39 is 34.9 Å². The molecule has 1 rings (SSSR count). The highest BCUT2D eigenvalue weighted by Gasteiger charge is 2.41. The van der Waals surface area contributed by atoms with Gasteiger partial charge in [-0.3, -0.25) is 4.79 Å². The standard InChI is InChI=1S/C14H15F5O2/c1-2-3-4-5-6-21-12-10(13(20)14(17,18)19)7-9(15)8-11(12)16/h7-8H,2-6H2,1H3. The predicted octanol–water partition coefficient (Wildman–Crippen LogP) is 4.67. The minimum Gasteiger partial charge on any atom is -0.490 e. The molecule has 7 heteroatoms. The van der Waals surface area contributed by atoms with Gasteiger partial charge in [-0.2, -0.15) is 13.2 Å². The smallest absolute Gasteiger partial charge is 0.455 e. The molecule has 118 valence electrons. The number of ketones is 1. The van der Waals surface area contributed by atoms with Crippen molar-refractivity contribution in [1.29, 1.82) is 0 Å². The average molecular weight is 310 g/mol. The molecule has 0 aliphatic heterocycles. The van der Waals surface area contributed by atoms with Gasteiger partial charge in [-0.05, 0) is 12.5 Å². The molecule has 0 atom stereocenters. The molecular weight excluding hydrogens is 295 g/mol. The minimum atomic E-state index is -5.22. The Morgan fingerprint density at radius 1 is 1.14 bits per heavy atom. The van der Waals surface area contributed by atoms with Gasteiger partial charge in [-0.1, -0.05) is 26.2 Å². The lowest BCUT2D eigenvalue weighted by Crippen LogP contribution is -2.24. The van der Waals surface area contributed by atoms with E-state index in [9.17, 15) is 26.7 Å². The number of hydrogen-bond acceptors (Lipinski definition) is 2. The van der Waals surface area contributed by atoms with Crippen LogP contribution in [-0.2, 0) is 0 Å². The summed E-state index contributed by atoms with van der Waals surface area (Å²) in [5, 5.41) is 0. The summed E-state index contributed by atoms with van der Waals surface area (Å²) >= 11 is 0. The zero-order chi connectivity index (χ0) is 16.0. The van der Waals surface area contributed by atoms with Crippen molar-refractivity contribution in [3.8, 4) is 5.75 Å². The maximum atomic E-state index is 13.6. The molecule has 0 spiro atoms. The summed E-state index contributed by atoms with van der Waals surface area (Å²) < 4.78 is 68.8. The Balaban J connectivity index is 2.94. The highest BCUT2D eigenvalue weighted by atomic mass is 19.4. The first-order valence-corrected chi connectivity index (χ1v) is 6.50. The van der Waals surface area contributed by atoms with E-state index in [2.05, 4.69) is 0 Å². The molecule has 2 nitrogen and oxygen atoms in total. The lowest BCUT2D eigenvalue weighted by Gasteiger charge is -2.13. The van der Waals surface area contributed by atoms with Crippen LogP contribution >= 0.6 is 0 Å². The monoisotopic (exact) mass is 310 g/mol. The molecule has 0 heterocycles. The Kier molecular flexibility index (Phi) is 6.11. The van der Waals surface area contributed by atoms with E-state index in [1.165, 1.54) is 0 Å². The fraction of sp³-hybridized carbons (Fsp3) is 0.500. The normalized spacial score (nSPS) is 11.5. The van der Waals surface area contributed by atoms with Gasteiger partial charge in [-0.25, -0.2) is 8.78 Å². The van der Waals surface area contributed by atoms with Crippen molar-refractivity contribution in [1.82, 2.24) is 0 Å². The number of benzene rings is 1. The molecule has 0 N–H and O–H groups in total. The molecular formula is C14H15F5O2. The molecule has 0 radical (unpaired) electrons. The third kappa shape index (κ3) is 4.99. The number of halogens is 5. The maximum Gasteiger partial charge on any atom is 0.455 e. The number of hydrogen-bond donors (Lipinski definition) is 0. The summed E-state index contributed by atoms with van der Waals surface area (Å²) in [5.41, 5.74) is -1.14. The molecule has 0 bridgehead atoms. The fourth-order valence-electron chi connectivity index (χ4n) is 1.73. The van der Waals surface area contributed by atoms with Crippen molar-refractivity contribution < 1.29 is 31.5 Å². The van der Waals surface area contributed by atoms with Crippen LogP contribution in [-0.4, -0.2) is 18.6 Å². The molecule has 0 saturated carbocycles. The van der Waals surface area contributed by atoms with Crippen molar-refractivity contribution in [3.63, 3.8) is 0 Å².